The minimum absolute atomic E-state index is 0.206. The van der Waals surface area contributed by atoms with Gasteiger partial charge in [0.15, 0.2) is 0 Å². The molecule has 0 radical (unpaired) electrons. The highest BCUT2D eigenvalue weighted by atomic mass is 19.1. The maximum absolute atomic E-state index is 13.3. The van der Waals surface area contributed by atoms with Crippen molar-refractivity contribution in [2.45, 2.75) is 0 Å². The number of hydrogen-bond acceptors (Lipinski definition) is 6. The molecule has 0 saturated carbocycles. The second-order valence-electron chi connectivity index (χ2n) is 6.74. The van der Waals surface area contributed by atoms with E-state index in [1.54, 1.807) is 34.1 Å². The standard InChI is InChI=1S/C20H21FN2O4.C2H2O4/c1-26-16-7-4-8-17(27-2)18(16)20(25)23-11-9-22(10-12-23)19(24)14-5-3-6-15(21)13-14;3-1(4)2(5)6/h3-8,13H,9-12H2,1-2H3;(H,3,4)(H,5,6). The lowest BCUT2D eigenvalue weighted by molar-refractivity contribution is -0.159. The van der Waals surface area contributed by atoms with Crippen molar-refractivity contribution in [2.75, 3.05) is 40.4 Å². The van der Waals surface area contributed by atoms with Gasteiger partial charge in [-0.1, -0.05) is 12.1 Å². The van der Waals surface area contributed by atoms with Gasteiger partial charge in [-0.3, -0.25) is 9.59 Å². The molecule has 0 atom stereocenters. The zero-order valence-electron chi connectivity index (χ0n) is 18.0. The number of rotatable bonds is 4. The van der Waals surface area contributed by atoms with E-state index in [0.29, 0.717) is 48.8 Å². The molecule has 1 aliphatic rings. The molecule has 2 aromatic rings. The zero-order valence-corrected chi connectivity index (χ0v) is 18.0. The molecule has 1 saturated heterocycles. The number of benzene rings is 2. The van der Waals surface area contributed by atoms with Gasteiger partial charge < -0.3 is 29.5 Å². The topological polar surface area (TPSA) is 134 Å². The van der Waals surface area contributed by atoms with Crippen molar-refractivity contribution in [2.24, 2.45) is 0 Å². The minimum atomic E-state index is -1.82. The van der Waals surface area contributed by atoms with Gasteiger partial charge in [0.2, 0.25) is 0 Å². The Balaban J connectivity index is 0.000000569. The third-order valence-electron chi connectivity index (χ3n) is 4.75. The molecule has 0 spiro atoms. The number of carboxylic acids is 2. The summed E-state index contributed by atoms with van der Waals surface area (Å²) in [5, 5.41) is 14.8. The van der Waals surface area contributed by atoms with Gasteiger partial charge in [-0.15, -0.1) is 0 Å². The maximum Gasteiger partial charge on any atom is 0.414 e. The van der Waals surface area contributed by atoms with Crippen LogP contribution in [0.4, 0.5) is 4.39 Å². The number of carbonyl (C=O) groups is 4. The van der Waals surface area contributed by atoms with Crippen molar-refractivity contribution in [1.82, 2.24) is 9.80 Å². The summed E-state index contributed by atoms with van der Waals surface area (Å²) in [7, 11) is 3.00. The molecule has 33 heavy (non-hydrogen) atoms. The Morgan fingerprint density at radius 3 is 1.67 bits per heavy atom. The maximum atomic E-state index is 13.3. The molecular formula is C22H23FN2O8. The number of piperazine rings is 1. The van der Waals surface area contributed by atoms with Crippen LogP contribution in [0.25, 0.3) is 0 Å². The fourth-order valence-electron chi connectivity index (χ4n) is 3.14. The molecule has 0 aliphatic carbocycles. The summed E-state index contributed by atoms with van der Waals surface area (Å²) in [6.45, 7) is 1.50. The third-order valence-corrected chi connectivity index (χ3v) is 4.75. The number of nitrogens with zero attached hydrogens (tertiary/aromatic N) is 2. The van der Waals surface area contributed by atoms with E-state index in [1.165, 1.54) is 32.4 Å². The van der Waals surface area contributed by atoms with Crippen molar-refractivity contribution < 1.29 is 43.3 Å². The molecule has 2 N–H and O–H groups in total. The molecular weight excluding hydrogens is 439 g/mol. The number of carboxylic acid groups (broad SMARTS) is 2. The first-order valence-corrected chi connectivity index (χ1v) is 9.70. The molecule has 1 aliphatic heterocycles. The first-order chi connectivity index (χ1) is 15.7. The Bertz CT molecular complexity index is 1000. The van der Waals surface area contributed by atoms with Crippen molar-refractivity contribution in [3.05, 3.63) is 59.4 Å². The Morgan fingerprint density at radius 2 is 1.24 bits per heavy atom. The second-order valence-corrected chi connectivity index (χ2v) is 6.74. The fourth-order valence-corrected chi connectivity index (χ4v) is 3.14. The molecule has 0 bridgehead atoms. The van der Waals surface area contributed by atoms with E-state index in [0.717, 1.165) is 0 Å². The number of methoxy groups -OCH3 is 2. The predicted molar refractivity (Wildman–Crippen MR) is 113 cm³/mol. The molecule has 1 fully saturated rings. The van der Waals surface area contributed by atoms with Gasteiger partial charge in [-0.05, 0) is 30.3 Å². The van der Waals surface area contributed by atoms with Crippen LogP contribution in [0.2, 0.25) is 0 Å². The summed E-state index contributed by atoms with van der Waals surface area (Å²) in [5.74, 6) is -3.66. The van der Waals surface area contributed by atoms with Crippen LogP contribution in [0.15, 0.2) is 42.5 Å². The molecule has 10 nitrogen and oxygen atoms in total. The van der Waals surface area contributed by atoms with Crippen molar-refractivity contribution in [3.63, 3.8) is 0 Å². The normalized spacial score (nSPS) is 12.8. The van der Waals surface area contributed by atoms with Gasteiger partial charge in [0.05, 0.1) is 14.2 Å². The Labute approximate surface area is 188 Å². The minimum Gasteiger partial charge on any atom is -0.496 e. The molecule has 176 valence electrons. The average Bonchev–Trinajstić information content (AvgIpc) is 2.83. The highest BCUT2D eigenvalue weighted by Crippen LogP contribution is 2.30. The van der Waals surface area contributed by atoms with Gasteiger partial charge in [0.25, 0.3) is 11.8 Å². The fraction of sp³-hybridized carbons (Fsp3) is 0.273. The van der Waals surface area contributed by atoms with Crippen molar-refractivity contribution >= 4 is 23.8 Å². The molecule has 0 unspecified atom stereocenters. The van der Waals surface area contributed by atoms with Gasteiger partial charge in [0, 0.05) is 31.7 Å². The SMILES string of the molecule is COc1cccc(OC)c1C(=O)N1CCN(C(=O)c2cccc(F)c2)CC1.O=C(O)C(=O)O. The number of carbonyl (C=O) groups excluding carboxylic acids is 2. The number of ether oxygens (including phenoxy) is 2. The summed E-state index contributed by atoms with van der Waals surface area (Å²) >= 11 is 0. The predicted octanol–water partition coefficient (Wildman–Crippen LogP) is 1.60. The Kier molecular flexibility index (Phi) is 8.72. The number of hydrogen-bond donors (Lipinski definition) is 2. The molecule has 2 aromatic carbocycles. The van der Waals surface area contributed by atoms with E-state index in [9.17, 15) is 14.0 Å². The quantitative estimate of drug-likeness (QED) is 0.655. The van der Waals surface area contributed by atoms with Crippen LogP contribution in [0.1, 0.15) is 20.7 Å². The van der Waals surface area contributed by atoms with Crippen LogP contribution < -0.4 is 9.47 Å². The van der Waals surface area contributed by atoms with Crippen LogP contribution in [0, 0.1) is 5.82 Å². The largest absolute Gasteiger partial charge is 0.496 e. The van der Waals surface area contributed by atoms with E-state index < -0.39 is 17.8 Å². The van der Waals surface area contributed by atoms with Gasteiger partial charge in [0.1, 0.15) is 22.9 Å². The van der Waals surface area contributed by atoms with E-state index in [4.69, 9.17) is 29.3 Å². The van der Waals surface area contributed by atoms with Crippen LogP contribution in [0.3, 0.4) is 0 Å². The van der Waals surface area contributed by atoms with Crippen LogP contribution in [-0.4, -0.2) is 84.2 Å². The lowest BCUT2D eigenvalue weighted by Crippen LogP contribution is -2.50. The van der Waals surface area contributed by atoms with E-state index in [-0.39, 0.29) is 11.8 Å². The molecule has 11 heteroatoms. The van der Waals surface area contributed by atoms with Gasteiger partial charge in [-0.25, -0.2) is 14.0 Å². The first-order valence-electron chi connectivity index (χ1n) is 9.70. The highest BCUT2D eigenvalue weighted by molar-refractivity contribution is 6.27. The smallest absolute Gasteiger partial charge is 0.414 e. The summed E-state index contributed by atoms with van der Waals surface area (Å²) in [4.78, 5) is 47.0. The second kappa shape index (κ2) is 11.5. The van der Waals surface area contributed by atoms with Crippen LogP contribution in [-0.2, 0) is 9.59 Å². The summed E-state index contributed by atoms with van der Waals surface area (Å²) in [6, 6.07) is 10.8. The number of amides is 2. The van der Waals surface area contributed by atoms with Crippen LogP contribution >= 0.6 is 0 Å². The molecule has 1 heterocycles. The van der Waals surface area contributed by atoms with E-state index in [1.807, 2.05) is 0 Å². The van der Waals surface area contributed by atoms with Crippen LogP contribution in [0.5, 0.6) is 11.5 Å². The average molecular weight is 462 g/mol. The molecule has 2 amide bonds. The summed E-state index contributed by atoms with van der Waals surface area (Å²) < 4.78 is 23.9. The van der Waals surface area contributed by atoms with Gasteiger partial charge >= 0.3 is 11.9 Å². The molecule has 0 aromatic heterocycles. The van der Waals surface area contributed by atoms with Gasteiger partial charge in [-0.2, -0.15) is 0 Å². The first kappa shape index (κ1) is 25.1. The highest BCUT2D eigenvalue weighted by Gasteiger charge is 2.29. The summed E-state index contributed by atoms with van der Waals surface area (Å²) in [5.41, 5.74) is 0.675. The Morgan fingerprint density at radius 1 is 0.788 bits per heavy atom. The monoisotopic (exact) mass is 462 g/mol. The van der Waals surface area contributed by atoms with Crippen molar-refractivity contribution in [3.8, 4) is 11.5 Å². The Hall–Kier alpha value is -4.15. The van der Waals surface area contributed by atoms with E-state index in [2.05, 4.69) is 0 Å². The number of halogens is 1. The lowest BCUT2D eigenvalue weighted by atomic mass is 10.1. The lowest BCUT2D eigenvalue weighted by Gasteiger charge is -2.35. The zero-order chi connectivity index (χ0) is 24.5. The van der Waals surface area contributed by atoms with Crippen molar-refractivity contribution in [1.29, 1.82) is 0 Å². The van der Waals surface area contributed by atoms with E-state index >= 15 is 0 Å². The number of aliphatic carboxylic acids is 2. The third kappa shape index (κ3) is 6.42. The summed E-state index contributed by atoms with van der Waals surface area (Å²) in [6.07, 6.45) is 0. The molecule has 3 rings (SSSR count).